The van der Waals surface area contributed by atoms with E-state index in [9.17, 15) is 0 Å². The Labute approximate surface area is 103 Å². The van der Waals surface area contributed by atoms with Gasteiger partial charge in [0.05, 0.1) is 18.5 Å². The zero-order chi connectivity index (χ0) is 11.5. The minimum Gasteiger partial charge on any atom is -0.495 e. The molecule has 0 aliphatic heterocycles. The largest absolute Gasteiger partial charge is 0.495 e. The van der Waals surface area contributed by atoms with Crippen LogP contribution in [0.4, 0.5) is 0 Å². The Kier molecular flexibility index (Phi) is 3.22. The van der Waals surface area contributed by atoms with Gasteiger partial charge >= 0.3 is 0 Å². The van der Waals surface area contributed by atoms with Crippen molar-refractivity contribution in [1.29, 1.82) is 0 Å². The number of ether oxygens (including phenoxy) is 1. The standard InChI is InChI=1S/C11H9ClN2OS/c1-15-10-4-7(2-3-9(10)12)8-5-13-6-14-11(8)16/h2-6H,1H3,(H,13,14,16). The number of aromatic amines is 1. The fraction of sp³-hybridized carbons (Fsp3) is 0.0909. The summed E-state index contributed by atoms with van der Waals surface area (Å²) in [5, 5.41) is 0.574. The molecule has 0 saturated carbocycles. The molecule has 0 spiro atoms. The van der Waals surface area contributed by atoms with Crippen molar-refractivity contribution < 1.29 is 4.74 Å². The van der Waals surface area contributed by atoms with Gasteiger partial charge in [-0.25, -0.2) is 4.98 Å². The SMILES string of the molecule is COc1cc(-c2cnc[nH]c2=S)ccc1Cl. The lowest BCUT2D eigenvalue weighted by Gasteiger charge is -2.06. The van der Waals surface area contributed by atoms with Crippen LogP contribution < -0.4 is 4.74 Å². The van der Waals surface area contributed by atoms with Crippen molar-refractivity contribution in [3.63, 3.8) is 0 Å². The van der Waals surface area contributed by atoms with E-state index in [2.05, 4.69) is 9.97 Å². The van der Waals surface area contributed by atoms with Crippen LogP contribution in [0.2, 0.25) is 5.02 Å². The van der Waals surface area contributed by atoms with Gasteiger partial charge in [0.15, 0.2) is 0 Å². The third-order valence-electron chi connectivity index (χ3n) is 2.18. The first-order valence-corrected chi connectivity index (χ1v) is 5.37. The molecule has 0 unspecified atom stereocenters. The van der Waals surface area contributed by atoms with Crippen LogP contribution in [0.15, 0.2) is 30.7 Å². The molecule has 0 atom stereocenters. The van der Waals surface area contributed by atoms with Crippen molar-refractivity contribution in [2.24, 2.45) is 0 Å². The van der Waals surface area contributed by atoms with Gasteiger partial charge in [-0.1, -0.05) is 29.9 Å². The molecule has 1 aromatic heterocycles. The lowest BCUT2D eigenvalue weighted by Crippen LogP contribution is -1.88. The molecular weight excluding hydrogens is 244 g/mol. The summed E-state index contributed by atoms with van der Waals surface area (Å²) in [5.41, 5.74) is 1.78. The zero-order valence-corrected chi connectivity index (χ0v) is 10.1. The molecule has 2 aromatic rings. The number of halogens is 1. The molecule has 1 heterocycles. The Morgan fingerprint density at radius 1 is 1.44 bits per heavy atom. The fourth-order valence-electron chi connectivity index (χ4n) is 1.38. The molecule has 0 amide bonds. The third kappa shape index (κ3) is 2.08. The van der Waals surface area contributed by atoms with Gasteiger partial charge in [-0.15, -0.1) is 0 Å². The van der Waals surface area contributed by atoms with Crippen molar-refractivity contribution in [3.8, 4) is 16.9 Å². The predicted octanol–water partition coefficient (Wildman–Crippen LogP) is 3.47. The summed E-state index contributed by atoms with van der Waals surface area (Å²) in [6.07, 6.45) is 3.26. The maximum absolute atomic E-state index is 5.95. The summed E-state index contributed by atoms with van der Waals surface area (Å²) in [7, 11) is 1.58. The van der Waals surface area contributed by atoms with Gasteiger partial charge in [0.2, 0.25) is 0 Å². The normalized spacial score (nSPS) is 10.1. The lowest BCUT2D eigenvalue weighted by molar-refractivity contribution is 0.415. The van der Waals surface area contributed by atoms with Crippen molar-refractivity contribution in [2.45, 2.75) is 0 Å². The molecule has 5 heteroatoms. The van der Waals surface area contributed by atoms with Crippen LogP contribution in [0.5, 0.6) is 5.75 Å². The highest BCUT2D eigenvalue weighted by molar-refractivity contribution is 7.71. The number of benzene rings is 1. The van der Waals surface area contributed by atoms with Gasteiger partial charge in [-0.3, -0.25) is 0 Å². The molecule has 82 valence electrons. The van der Waals surface area contributed by atoms with Gasteiger partial charge in [0.1, 0.15) is 10.4 Å². The first kappa shape index (κ1) is 11.1. The van der Waals surface area contributed by atoms with Gasteiger partial charge in [-0.05, 0) is 17.7 Å². The summed E-state index contributed by atoms with van der Waals surface area (Å²) >= 11 is 11.1. The maximum Gasteiger partial charge on any atom is 0.138 e. The summed E-state index contributed by atoms with van der Waals surface area (Å²) in [6.45, 7) is 0. The number of rotatable bonds is 2. The van der Waals surface area contributed by atoms with E-state index in [1.807, 2.05) is 12.1 Å². The van der Waals surface area contributed by atoms with E-state index in [-0.39, 0.29) is 0 Å². The molecule has 0 aliphatic carbocycles. The van der Waals surface area contributed by atoms with E-state index >= 15 is 0 Å². The zero-order valence-electron chi connectivity index (χ0n) is 8.53. The Hall–Kier alpha value is -1.39. The van der Waals surface area contributed by atoms with Crippen LogP contribution in [0, 0.1) is 4.64 Å². The van der Waals surface area contributed by atoms with Crippen molar-refractivity contribution in [2.75, 3.05) is 7.11 Å². The first-order chi connectivity index (χ1) is 7.72. The topological polar surface area (TPSA) is 37.9 Å². The monoisotopic (exact) mass is 252 g/mol. The Morgan fingerprint density at radius 3 is 2.94 bits per heavy atom. The van der Waals surface area contributed by atoms with Gasteiger partial charge < -0.3 is 9.72 Å². The van der Waals surface area contributed by atoms with Gasteiger partial charge in [-0.2, -0.15) is 0 Å². The molecule has 16 heavy (non-hydrogen) atoms. The smallest absolute Gasteiger partial charge is 0.138 e. The van der Waals surface area contributed by atoms with E-state index < -0.39 is 0 Å². The second-order valence-corrected chi connectivity index (χ2v) is 3.96. The lowest BCUT2D eigenvalue weighted by atomic mass is 10.1. The highest BCUT2D eigenvalue weighted by Crippen LogP contribution is 2.30. The van der Waals surface area contributed by atoms with E-state index in [1.54, 1.807) is 25.7 Å². The number of hydrogen-bond donors (Lipinski definition) is 1. The van der Waals surface area contributed by atoms with Gasteiger partial charge in [0.25, 0.3) is 0 Å². The first-order valence-electron chi connectivity index (χ1n) is 4.59. The number of nitrogens with one attached hydrogen (secondary N) is 1. The van der Waals surface area contributed by atoms with Crippen LogP contribution in [0.25, 0.3) is 11.1 Å². The van der Waals surface area contributed by atoms with Crippen molar-refractivity contribution in [3.05, 3.63) is 40.4 Å². The van der Waals surface area contributed by atoms with E-state index in [1.165, 1.54) is 0 Å². The average molecular weight is 253 g/mol. The molecule has 3 nitrogen and oxygen atoms in total. The Balaban J connectivity index is 2.57. The van der Waals surface area contributed by atoms with Gasteiger partial charge in [0, 0.05) is 11.8 Å². The second kappa shape index (κ2) is 4.63. The summed E-state index contributed by atoms with van der Waals surface area (Å²) in [4.78, 5) is 6.88. The highest BCUT2D eigenvalue weighted by atomic mass is 35.5. The minimum atomic E-state index is 0.574. The van der Waals surface area contributed by atoms with E-state index in [4.69, 9.17) is 28.6 Å². The van der Waals surface area contributed by atoms with Crippen LogP contribution in [-0.2, 0) is 0 Å². The molecule has 0 radical (unpaired) electrons. The molecule has 0 aliphatic rings. The van der Waals surface area contributed by atoms with E-state index in [0.717, 1.165) is 11.1 Å². The molecule has 1 N–H and O–H groups in total. The molecule has 0 fully saturated rings. The fourth-order valence-corrected chi connectivity index (χ4v) is 1.79. The molecule has 0 bridgehead atoms. The number of methoxy groups -OCH3 is 1. The predicted molar refractivity (Wildman–Crippen MR) is 66.4 cm³/mol. The summed E-state index contributed by atoms with van der Waals surface area (Å²) < 4.78 is 5.79. The van der Waals surface area contributed by atoms with Crippen LogP contribution >= 0.6 is 23.8 Å². The maximum atomic E-state index is 5.95. The Morgan fingerprint density at radius 2 is 2.25 bits per heavy atom. The van der Waals surface area contributed by atoms with Crippen LogP contribution in [-0.4, -0.2) is 17.1 Å². The minimum absolute atomic E-state index is 0.574. The third-order valence-corrected chi connectivity index (χ3v) is 2.83. The number of hydrogen-bond acceptors (Lipinski definition) is 3. The molecule has 1 aromatic carbocycles. The van der Waals surface area contributed by atoms with Crippen molar-refractivity contribution >= 4 is 23.8 Å². The number of H-pyrrole nitrogens is 1. The average Bonchev–Trinajstić information content (AvgIpc) is 2.31. The van der Waals surface area contributed by atoms with Crippen molar-refractivity contribution in [1.82, 2.24) is 9.97 Å². The molecular formula is C11H9ClN2OS. The van der Waals surface area contributed by atoms with Crippen LogP contribution in [0.1, 0.15) is 0 Å². The van der Waals surface area contributed by atoms with E-state index in [0.29, 0.717) is 15.4 Å². The quantitative estimate of drug-likeness (QED) is 0.832. The number of nitrogens with zero attached hydrogens (tertiary/aromatic N) is 1. The Bertz CT molecular complexity index is 568. The second-order valence-electron chi connectivity index (χ2n) is 3.14. The molecule has 2 rings (SSSR count). The van der Waals surface area contributed by atoms with Crippen LogP contribution in [0.3, 0.4) is 0 Å². The summed E-state index contributed by atoms with van der Waals surface area (Å²) in [5.74, 6) is 0.623. The highest BCUT2D eigenvalue weighted by Gasteiger charge is 2.05. The molecule has 0 saturated heterocycles. The summed E-state index contributed by atoms with van der Waals surface area (Å²) in [6, 6.07) is 5.49. The number of aromatic nitrogens is 2.